The second-order valence-corrected chi connectivity index (χ2v) is 8.64. The Morgan fingerprint density at radius 1 is 0.946 bits per heavy atom. The molecule has 8 nitrogen and oxygen atoms in total. The SMILES string of the molecule is COc1cc(-c2cc(-c3ccccc3)nc(SCC(=O)Nc3ccccn3)c2C#N)cc(OC)c1OC. The summed E-state index contributed by atoms with van der Waals surface area (Å²) in [5, 5.41) is 13.4. The molecule has 0 saturated carbocycles. The van der Waals surface area contributed by atoms with Crippen LogP contribution in [0.2, 0.25) is 0 Å². The lowest BCUT2D eigenvalue weighted by molar-refractivity contribution is -0.113. The number of aromatic nitrogens is 2. The average molecular weight is 513 g/mol. The summed E-state index contributed by atoms with van der Waals surface area (Å²) >= 11 is 1.18. The van der Waals surface area contributed by atoms with Crippen molar-refractivity contribution in [2.45, 2.75) is 5.03 Å². The molecule has 0 spiro atoms. The van der Waals surface area contributed by atoms with Gasteiger partial charge in [-0.05, 0) is 35.9 Å². The molecular formula is C28H24N4O4S. The van der Waals surface area contributed by atoms with Crippen LogP contribution >= 0.6 is 11.8 Å². The number of thioether (sulfide) groups is 1. The number of nitrogens with zero attached hydrogens (tertiary/aromatic N) is 3. The first-order chi connectivity index (χ1) is 18.1. The highest BCUT2D eigenvalue weighted by Gasteiger charge is 2.20. The van der Waals surface area contributed by atoms with Crippen LogP contribution < -0.4 is 19.5 Å². The Morgan fingerprint density at radius 3 is 2.24 bits per heavy atom. The first kappa shape index (κ1) is 25.5. The summed E-state index contributed by atoms with van der Waals surface area (Å²) in [6.45, 7) is 0. The Morgan fingerprint density at radius 2 is 1.65 bits per heavy atom. The molecule has 186 valence electrons. The Bertz CT molecular complexity index is 1420. The van der Waals surface area contributed by atoms with Crippen LogP contribution in [0.3, 0.4) is 0 Å². The summed E-state index contributed by atoms with van der Waals surface area (Å²) in [6.07, 6.45) is 1.60. The number of carbonyl (C=O) groups excluding carboxylic acids is 1. The Balaban J connectivity index is 1.79. The Kier molecular flexibility index (Phi) is 8.23. The molecule has 2 aromatic heterocycles. The van der Waals surface area contributed by atoms with Gasteiger partial charge in [-0.2, -0.15) is 5.26 Å². The average Bonchev–Trinajstić information content (AvgIpc) is 2.95. The lowest BCUT2D eigenvalue weighted by Gasteiger charge is -2.16. The molecule has 0 unspecified atom stereocenters. The van der Waals surface area contributed by atoms with Gasteiger partial charge in [0.2, 0.25) is 11.7 Å². The number of hydrogen-bond acceptors (Lipinski definition) is 8. The van der Waals surface area contributed by atoms with Crippen LogP contribution in [-0.4, -0.2) is 43.0 Å². The number of nitriles is 1. The van der Waals surface area contributed by atoms with E-state index in [2.05, 4.69) is 16.4 Å². The summed E-state index contributed by atoms with van der Waals surface area (Å²) in [5.74, 6) is 1.62. The lowest BCUT2D eigenvalue weighted by atomic mass is 9.98. The van der Waals surface area contributed by atoms with E-state index in [9.17, 15) is 10.1 Å². The van der Waals surface area contributed by atoms with E-state index in [-0.39, 0.29) is 11.7 Å². The smallest absolute Gasteiger partial charge is 0.235 e. The number of benzene rings is 2. The number of anilines is 1. The van der Waals surface area contributed by atoms with Crippen LogP contribution in [0.4, 0.5) is 5.82 Å². The first-order valence-electron chi connectivity index (χ1n) is 11.2. The third-order valence-electron chi connectivity index (χ3n) is 5.42. The van der Waals surface area contributed by atoms with Crippen LogP contribution in [0.5, 0.6) is 17.2 Å². The number of methoxy groups -OCH3 is 3. The second-order valence-electron chi connectivity index (χ2n) is 7.68. The molecule has 2 heterocycles. The van der Waals surface area contributed by atoms with Crippen molar-refractivity contribution in [1.29, 1.82) is 5.26 Å². The largest absolute Gasteiger partial charge is 0.493 e. The number of rotatable bonds is 9. The van der Waals surface area contributed by atoms with E-state index >= 15 is 0 Å². The van der Waals surface area contributed by atoms with E-state index in [0.717, 1.165) is 5.56 Å². The van der Waals surface area contributed by atoms with Crippen LogP contribution in [0.15, 0.2) is 78.0 Å². The maximum absolute atomic E-state index is 12.6. The molecule has 4 rings (SSSR count). The number of ether oxygens (including phenoxy) is 3. The van der Waals surface area contributed by atoms with Crippen molar-refractivity contribution >= 4 is 23.5 Å². The van der Waals surface area contributed by atoms with Crippen molar-refractivity contribution in [1.82, 2.24) is 9.97 Å². The fraction of sp³-hybridized carbons (Fsp3) is 0.143. The molecule has 0 aliphatic heterocycles. The van der Waals surface area contributed by atoms with Gasteiger partial charge in [-0.25, -0.2) is 9.97 Å². The van der Waals surface area contributed by atoms with Gasteiger partial charge in [0.15, 0.2) is 11.5 Å². The number of carbonyl (C=O) groups is 1. The Labute approximate surface area is 219 Å². The molecule has 0 bridgehead atoms. The number of nitrogens with one attached hydrogen (secondary N) is 1. The highest BCUT2D eigenvalue weighted by Crippen LogP contribution is 2.43. The molecule has 1 amide bonds. The molecule has 0 aliphatic carbocycles. The molecule has 2 aromatic carbocycles. The van der Waals surface area contributed by atoms with E-state index in [0.29, 0.717) is 50.5 Å². The van der Waals surface area contributed by atoms with Gasteiger partial charge in [-0.1, -0.05) is 48.2 Å². The highest BCUT2D eigenvalue weighted by molar-refractivity contribution is 8.00. The minimum absolute atomic E-state index is 0.0468. The summed E-state index contributed by atoms with van der Waals surface area (Å²) in [5.41, 5.74) is 3.19. The van der Waals surface area contributed by atoms with Gasteiger partial charge in [-0.3, -0.25) is 4.79 Å². The Hall–Kier alpha value is -4.55. The molecule has 0 saturated heterocycles. The monoisotopic (exact) mass is 512 g/mol. The zero-order valence-corrected chi connectivity index (χ0v) is 21.3. The predicted molar refractivity (Wildman–Crippen MR) is 143 cm³/mol. The summed E-state index contributed by atoms with van der Waals surface area (Å²) in [7, 11) is 4.61. The topological polar surface area (TPSA) is 106 Å². The molecule has 0 radical (unpaired) electrons. The normalized spacial score (nSPS) is 10.3. The molecule has 0 aliphatic rings. The molecule has 0 atom stereocenters. The fourth-order valence-corrected chi connectivity index (χ4v) is 4.51. The number of hydrogen-bond donors (Lipinski definition) is 1. The van der Waals surface area contributed by atoms with Crippen molar-refractivity contribution in [2.75, 3.05) is 32.4 Å². The zero-order valence-electron chi connectivity index (χ0n) is 20.5. The van der Waals surface area contributed by atoms with Crippen molar-refractivity contribution in [3.8, 4) is 45.7 Å². The minimum Gasteiger partial charge on any atom is -0.493 e. The van der Waals surface area contributed by atoms with E-state index in [1.165, 1.54) is 33.1 Å². The summed E-state index contributed by atoms with van der Waals surface area (Å²) in [4.78, 5) is 21.5. The van der Waals surface area contributed by atoms with E-state index in [1.54, 1.807) is 36.5 Å². The van der Waals surface area contributed by atoms with Gasteiger partial charge in [0.05, 0.1) is 38.3 Å². The number of amides is 1. The lowest BCUT2D eigenvalue weighted by Crippen LogP contribution is -2.15. The number of pyridine rings is 2. The van der Waals surface area contributed by atoms with Gasteiger partial charge in [0, 0.05) is 17.3 Å². The van der Waals surface area contributed by atoms with Crippen LogP contribution in [-0.2, 0) is 4.79 Å². The minimum atomic E-state index is -0.256. The standard InChI is InChI=1S/C28H24N4O4S/c1-34-23-13-19(14-24(35-2)27(23)36-3)20-15-22(18-9-5-4-6-10-18)31-28(21(20)16-29)37-17-26(33)32-25-11-7-8-12-30-25/h4-15H,17H2,1-3H3,(H,30,32,33). The molecule has 9 heteroatoms. The molecule has 37 heavy (non-hydrogen) atoms. The molecule has 0 fully saturated rings. The highest BCUT2D eigenvalue weighted by atomic mass is 32.2. The van der Waals surface area contributed by atoms with Gasteiger partial charge < -0.3 is 19.5 Å². The third kappa shape index (κ3) is 5.82. The van der Waals surface area contributed by atoms with E-state index in [1.807, 2.05) is 36.4 Å². The predicted octanol–water partition coefficient (Wildman–Crippen LogP) is 5.44. The third-order valence-corrected chi connectivity index (χ3v) is 6.39. The molecular weight excluding hydrogens is 488 g/mol. The quantitative estimate of drug-likeness (QED) is 0.296. The van der Waals surface area contributed by atoms with Gasteiger partial charge in [0.1, 0.15) is 16.9 Å². The van der Waals surface area contributed by atoms with Crippen molar-refractivity contribution in [3.63, 3.8) is 0 Å². The van der Waals surface area contributed by atoms with E-state index in [4.69, 9.17) is 19.2 Å². The van der Waals surface area contributed by atoms with Gasteiger partial charge >= 0.3 is 0 Å². The van der Waals surface area contributed by atoms with Crippen LogP contribution in [0.1, 0.15) is 5.56 Å². The van der Waals surface area contributed by atoms with Crippen LogP contribution in [0, 0.1) is 11.3 Å². The fourth-order valence-electron chi connectivity index (χ4n) is 3.70. The van der Waals surface area contributed by atoms with Gasteiger partial charge in [-0.15, -0.1) is 0 Å². The maximum Gasteiger partial charge on any atom is 0.235 e. The van der Waals surface area contributed by atoms with Gasteiger partial charge in [0.25, 0.3) is 0 Å². The van der Waals surface area contributed by atoms with Crippen molar-refractivity contribution in [3.05, 3.63) is 78.5 Å². The second kappa shape index (κ2) is 11.9. The maximum atomic E-state index is 12.6. The summed E-state index contributed by atoms with van der Waals surface area (Å²) < 4.78 is 16.5. The van der Waals surface area contributed by atoms with E-state index < -0.39 is 0 Å². The van der Waals surface area contributed by atoms with Crippen molar-refractivity contribution < 1.29 is 19.0 Å². The summed E-state index contributed by atoms with van der Waals surface area (Å²) in [6, 6.07) is 22.6. The first-order valence-corrected chi connectivity index (χ1v) is 12.2. The molecule has 4 aromatic rings. The van der Waals surface area contributed by atoms with Crippen LogP contribution in [0.25, 0.3) is 22.4 Å². The van der Waals surface area contributed by atoms with Crippen molar-refractivity contribution in [2.24, 2.45) is 0 Å². The molecule has 1 N–H and O–H groups in total. The zero-order chi connectivity index (χ0) is 26.2.